The van der Waals surface area contributed by atoms with Gasteiger partial charge in [-0.2, -0.15) is 0 Å². The number of hydrogen-bond acceptors (Lipinski definition) is 3. The smallest absolute Gasteiger partial charge is 0.223 e. The topological polar surface area (TPSA) is 58.4 Å². The van der Waals surface area contributed by atoms with Crippen LogP contribution in [0.15, 0.2) is 12.2 Å². The van der Waals surface area contributed by atoms with Crippen molar-refractivity contribution in [2.24, 2.45) is 23.5 Å². The van der Waals surface area contributed by atoms with E-state index in [-0.39, 0.29) is 11.8 Å². The van der Waals surface area contributed by atoms with Crippen LogP contribution in [0, 0.1) is 17.8 Å². The maximum absolute atomic E-state index is 12.1. The van der Waals surface area contributed by atoms with Crippen LogP contribution in [0.1, 0.15) is 25.7 Å². The number of rotatable bonds is 8. The summed E-state index contributed by atoms with van der Waals surface area (Å²) in [6.07, 6.45) is 8.83. The first kappa shape index (κ1) is 14.5. The van der Waals surface area contributed by atoms with Crippen molar-refractivity contribution in [3.05, 3.63) is 12.2 Å². The van der Waals surface area contributed by atoms with Crippen LogP contribution in [-0.2, 0) is 4.79 Å². The second kappa shape index (κ2) is 7.06. The van der Waals surface area contributed by atoms with E-state index in [4.69, 9.17) is 5.73 Å². The number of amides is 1. The summed E-state index contributed by atoms with van der Waals surface area (Å²) in [5, 5.41) is 3.10. The Balaban J connectivity index is 1.56. The Labute approximate surface area is 116 Å². The molecule has 2 unspecified atom stereocenters. The molecule has 108 valence electrons. The van der Waals surface area contributed by atoms with Gasteiger partial charge in [0.15, 0.2) is 0 Å². The van der Waals surface area contributed by atoms with Crippen LogP contribution >= 0.6 is 0 Å². The van der Waals surface area contributed by atoms with E-state index in [1.807, 2.05) is 0 Å². The fourth-order valence-electron chi connectivity index (χ4n) is 3.25. The van der Waals surface area contributed by atoms with E-state index < -0.39 is 0 Å². The van der Waals surface area contributed by atoms with Crippen LogP contribution in [-0.4, -0.2) is 44.0 Å². The highest BCUT2D eigenvalue weighted by Gasteiger charge is 2.39. The average molecular weight is 265 g/mol. The van der Waals surface area contributed by atoms with E-state index in [2.05, 4.69) is 29.4 Å². The average Bonchev–Trinajstić information content (AvgIpc) is 3.03. The number of carbonyl (C=O) groups excluding carboxylic acids is 1. The molecule has 3 atom stereocenters. The van der Waals surface area contributed by atoms with Gasteiger partial charge in [-0.15, -0.1) is 0 Å². The van der Waals surface area contributed by atoms with E-state index in [1.54, 1.807) is 0 Å². The van der Waals surface area contributed by atoms with Crippen molar-refractivity contribution in [2.45, 2.75) is 25.7 Å². The molecular formula is C15H27N3O. The summed E-state index contributed by atoms with van der Waals surface area (Å²) in [6.45, 7) is 3.61. The summed E-state index contributed by atoms with van der Waals surface area (Å²) in [5.74, 6) is 1.69. The largest absolute Gasteiger partial charge is 0.356 e. The molecule has 3 N–H and O–H groups in total. The van der Waals surface area contributed by atoms with Gasteiger partial charge in [0.25, 0.3) is 0 Å². The molecule has 4 heteroatoms. The van der Waals surface area contributed by atoms with E-state index in [0.29, 0.717) is 11.8 Å². The molecule has 1 saturated carbocycles. The number of allylic oxidation sites excluding steroid dienone is 2. The highest BCUT2D eigenvalue weighted by Crippen LogP contribution is 2.43. The van der Waals surface area contributed by atoms with Gasteiger partial charge in [-0.3, -0.25) is 4.79 Å². The van der Waals surface area contributed by atoms with Gasteiger partial charge in [-0.25, -0.2) is 0 Å². The van der Waals surface area contributed by atoms with Gasteiger partial charge < -0.3 is 16.0 Å². The van der Waals surface area contributed by atoms with Crippen molar-refractivity contribution in [3.63, 3.8) is 0 Å². The number of carbonyl (C=O) groups is 1. The quantitative estimate of drug-likeness (QED) is 0.508. The lowest BCUT2D eigenvalue weighted by Crippen LogP contribution is -2.35. The zero-order chi connectivity index (χ0) is 13.7. The number of fused-ring (bicyclic) bond motifs is 2. The Bertz CT molecular complexity index is 329. The summed E-state index contributed by atoms with van der Waals surface area (Å²) in [5.41, 5.74) is 5.48. The van der Waals surface area contributed by atoms with E-state index in [1.165, 1.54) is 6.42 Å². The van der Waals surface area contributed by atoms with Gasteiger partial charge >= 0.3 is 0 Å². The molecule has 4 nitrogen and oxygen atoms in total. The first-order chi connectivity index (χ1) is 9.20. The second-order valence-corrected chi connectivity index (χ2v) is 5.98. The summed E-state index contributed by atoms with van der Waals surface area (Å²) in [7, 11) is 2.11. The fourth-order valence-corrected chi connectivity index (χ4v) is 3.25. The Kier molecular flexibility index (Phi) is 5.40. The van der Waals surface area contributed by atoms with Crippen LogP contribution < -0.4 is 11.1 Å². The molecule has 2 bridgehead atoms. The summed E-state index contributed by atoms with van der Waals surface area (Å²) in [4.78, 5) is 14.4. The van der Waals surface area contributed by atoms with Gasteiger partial charge in [0.1, 0.15) is 0 Å². The Morgan fingerprint density at radius 2 is 2.11 bits per heavy atom. The first-order valence-corrected chi connectivity index (χ1v) is 7.55. The van der Waals surface area contributed by atoms with Gasteiger partial charge in [0.05, 0.1) is 0 Å². The lowest BCUT2D eigenvalue weighted by molar-refractivity contribution is -0.125. The molecule has 0 aromatic rings. The van der Waals surface area contributed by atoms with Crippen LogP contribution in [0.3, 0.4) is 0 Å². The normalized spacial score (nSPS) is 28.3. The molecule has 2 rings (SSSR count). The number of nitrogens with two attached hydrogens (primary N) is 1. The monoisotopic (exact) mass is 265 g/mol. The van der Waals surface area contributed by atoms with Crippen LogP contribution in [0.5, 0.6) is 0 Å². The summed E-state index contributed by atoms with van der Waals surface area (Å²) in [6, 6.07) is 0. The highest BCUT2D eigenvalue weighted by molar-refractivity contribution is 5.79. The van der Waals surface area contributed by atoms with Gasteiger partial charge in [0.2, 0.25) is 5.91 Å². The van der Waals surface area contributed by atoms with Gasteiger partial charge in [-0.05, 0) is 64.2 Å². The highest BCUT2D eigenvalue weighted by atomic mass is 16.1. The minimum atomic E-state index is 0.241. The third-order valence-corrected chi connectivity index (χ3v) is 4.38. The van der Waals surface area contributed by atoms with Crippen molar-refractivity contribution < 1.29 is 4.79 Å². The van der Waals surface area contributed by atoms with Crippen molar-refractivity contribution in [1.29, 1.82) is 0 Å². The van der Waals surface area contributed by atoms with Crippen LogP contribution in [0.2, 0.25) is 0 Å². The third kappa shape index (κ3) is 4.05. The lowest BCUT2D eigenvalue weighted by Gasteiger charge is -2.19. The predicted molar refractivity (Wildman–Crippen MR) is 77.6 cm³/mol. The fraction of sp³-hybridized carbons (Fsp3) is 0.800. The van der Waals surface area contributed by atoms with Crippen molar-refractivity contribution >= 4 is 5.91 Å². The Morgan fingerprint density at radius 1 is 1.32 bits per heavy atom. The summed E-state index contributed by atoms with van der Waals surface area (Å²) < 4.78 is 0. The Hall–Kier alpha value is -0.870. The predicted octanol–water partition coefficient (Wildman–Crippen LogP) is 0.986. The molecular weight excluding hydrogens is 238 g/mol. The van der Waals surface area contributed by atoms with E-state index in [9.17, 15) is 4.79 Å². The molecule has 0 aliphatic heterocycles. The Morgan fingerprint density at radius 3 is 2.74 bits per heavy atom. The molecule has 0 heterocycles. The second-order valence-electron chi connectivity index (χ2n) is 5.98. The molecule has 19 heavy (non-hydrogen) atoms. The molecule has 0 radical (unpaired) electrons. The molecule has 2 aliphatic carbocycles. The summed E-state index contributed by atoms with van der Waals surface area (Å²) >= 11 is 0. The van der Waals surface area contributed by atoms with E-state index in [0.717, 1.165) is 45.4 Å². The zero-order valence-electron chi connectivity index (χ0n) is 12.0. The van der Waals surface area contributed by atoms with Crippen molar-refractivity contribution in [3.8, 4) is 0 Å². The molecule has 0 spiro atoms. The van der Waals surface area contributed by atoms with Crippen molar-refractivity contribution in [1.82, 2.24) is 10.2 Å². The SMILES string of the molecule is CN(CCCN)CCCNC(=O)[C@H]1CC2C=CC1C2. The number of nitrogens with zero attached hydrogens (tertiary/aromatic N) is 1. The molecule has 0 saturated heterocycles. The molecule has 0 aromatic heterocycles. The number of hydrogen-bond donors (Lipinski definition) is 2. The third-order valence-electron chi connectivity index (χ3n) is 4.38. The molecule has 2 aliphatic rings. The zero-order valence-corrected chi connectivity index (χ0v) is 12.0. The maximum Gasteiger partial charge on any atom is 0.223 e. The van der Waals surface area contributed by atoms with Crippen molar-refractivity contribution in [2.75, 3.05) is 33.2 Å². The molecule has 0 aromatic carbocycles. The van der Waals surface area contributed by atoms with Gasteiger partial charge in [0, 0.05) is 12.5 Å². The minimum absolute atomic E-state index is 0.241. The minimum Gasteiger partial charge on any atom is -0.356 e. The van der Waals surface area contributed by atoms with Crippen LogP contribution in [0.4, 0.5) is 0 Å². The van der Waals surface area contributed by atoms with Crippen LogP contribution in [0.25, 0.3) is 0 Å². The molecule has 1 fully saturated rings. The number of nitrogens with one attached hydrogen (secondary N) is 1. The maximum atomic E-state index is 12.1. The lowest BCUT2D eigenvalue weighted by atomic mass is 9.93. The first-order valence-electron chi connectivity index (χ1n) is 7.55. The molecule has 1 amide bonds. The standard InChI is InChI=1S/C15H27N3O/c1-18(8-2-6-16)9-3-7-17-15(19)14-11-12-4-5-13(14)10-12/h4-5,12-14H,2-3,6-11,16H2,1H3,(H,17,19)/t12?,13?,14-/m0/s1. The van der Waals surface area contributed by atoms with Gasteiger partial charge in [-0.1, -0.05) is 12.2 Å². The van der Waals surface area contributed by atoms with E-state index >= 15 is 0 Å².